The van der Waals surface area contributed by atoms with Crippen LogP contribution in [0.5, 0.6) is 0 Å². The van der Waals surface area contributed by atoms with Crippen LogP contribution in [0, 0.1) is 0 Å². The van der Waals surface area contributed by atoms with E-state index in [4.69, 9.17) is 27.9 Å². The normalized spacial score (nSPS) is 15.3. The Bertz CT molecular complexity index is 830. The first-order valence-electron chi connectivity index (χ1n) is 7.56. The molecule has 0 spiro atoms. The number of nitrogens with zero attached hydrogens (tertiary/aromatic N) is 2. The number of ether oxygens (including phenoxy) is 1. The molecule has 0 fully saturated rings. The Labute approximate surface area is 148 Å². The third kappa shape index (κ3) is 3.19. The largest absolute Gasteiger partial charge is 0.461 e. The molecular formula is C17H15Cl2FN2O2. The minimum absolute atomic E-state index is 0.131. The highest BCUT2D eigenvalue weighted by Crippen LogP contribution is 2.36. The van der Waals surface area contributed by atoms with Crippen molar-refractivity contribution in [2.75, 3.05) is 6.61 Å². The van der Waals surface area contributed by atoms with Gasteiger partial charge < -0.3 is 4.74 Å². The molecular weight excluding hydrogens is 354 g/mol. The van der Waals surface area contributed by atoms with Gasteiger partial charge in [-0.1, -0.05) is 29.3 Å². The molecule has 1 aliphatic rings. The molecule has 0 aliphatic heterocycles. The zero-order valence-corrected chi connectivity index (χ0v) is 14.5. The first-order valence-corrected chi connectivity index (χ1v) is 8.31. The molecule has 0 amide bonds. The van der Waals surface area contributed by atoms with Gasteiger partial charge in [-0.25, -0.2) is 4.79 Å². The van der Waals surface area contributed by atoms with E-state index in [0.717, 1.165) is 11.1 Å². The van der Waals surface area contributed by atoms with Gasteiger partial charge in [-0.15, -0.1) is 0 Å². The molecule has 2 aromatic rings. The smallest absolute Gasteiger partial charge is 0.367 e. The number of aryl methyl sites for hydroxylation is 1. The summed E-state index contributed by atoms with van der Waals surface area (Å²) in [5.41, 5.74) is 2.70. The van der Waals surface area contributed by atoms with Crippen LogP contribution in [-0.2, 0) is 22.5 Å². The second-order valence-electron chi connectivity index (χ2n) is 5.42. The topological polar surface area (TPSA) is 44.1 Å². The summed E-state index contributed by atoms with van der Waals surface area (Å²) >= 11 is 12.1. The average Bonchev–Trinajstić information content (AvgIpc) is 3.12. The molecule has 7 heteroatoms. The summed E-state index contributed by atoms with van der Waals surface area (Å²) in [5.74, 6) is -1.78. The number of rotatable bonds is 4. The minimum atomic E-state index is -0.933. The van der Waals surface area contributed by atoms with Gasteiger partial charge in [0.05, 0.1) is 25.0 Å². The van der Waals surface area contributed by atoms with Crippen LogP contribution in [0.2, 0.25) is 10.0 Å². The predicted molar refractivity (Wildman–Crippen MR) is 90.8 cm³/mol. The molecule has 1 heterocycles. The van der Waals surface area contributed by atoms with Gasteiger partial charge >= 0.3 is 5.97 Å². The van der Waals surface area contributed by atoms with Gasteiger partial charge in [-0.2, -0.15) is 9.49 Å². The van der Waals surface area contributed by atoms with E-state index < -0.39 is 11.8 Å². The summed E-state index contributed by atoms with van der Waals surface area (Å²) in [4.78, 5) is 11.7. The summed E-state index contributed by atoms with van der Waals surface area (Å²) in [6.07, 6.45) is 2.79. The molecule has 0 radical (unpaired) electrons. The van der Waals surface area contributed by atoms with E-state index in [0.29, 0.717) is 40.7 Å². The van der Waals surface area contributed by atoms with Crippen LogP contribution in [0.1, 0.15) is 30.2 Å². The van der Waals surface area contributed by atoms with E-state index in [9.17, 15) is 9.18 Å². The Balaban J connectivity index is 1.96. The number of allylic oxidation sites excluding steroid dienone is 1. The Morgan fingerprint density at radius 2 is 2.17 bits per heavy atom. The third-order valence-corrected chi connectivity index (χ3v) is 4.49. The lowest BCUT2D eigenvalue weighted by Gasteiger charge is -2.10. The Morgan fingerprint density at radius 1 is 1.38 bits per heavy atom. The van der Waals surface area contributed by atoms with Gasteiger partial charge in [-0.05, 0) is 43.0 Å². The van der Waals surface area contributed by atoms with Crippen LogP contribution in [0.15, 0.2) is 30.2 Å². The van der Waals surface area contributed by atoms with Crippen molar-refractivity contribution in [1.29, 1.82) is 0 Å². The molecule has 0 unspecified atom stereocenters. The standard InChI is InChI=1S/C17H15Cl2FN2O2/c1-2-24-17(23)15(20)13-6-4-10-8-21-22(16(10)13)9-11-3-5-12(18)7-14(11)19/h3,5,7-8H,2,4,6,9H2,1H3/b15-13-. The predicted octanol–water partition coefficient (Wildman–Crippen LogP) is 4.43. The summed E-state index contributed by atoms with van der Waals surface area (Å²) in [7, 11) is 0. The lowest BCUT2D eigenvalue weighted by molar-refractivity contribution is -0.140. The quantitative estimate of drug-likeness (QED) is 0.592. The fourth-order valence-electron chi connectivity index (χ4n) is 2.80. The lowest BCUT2D eigenvalue weighted by atomic mass is 10.1. The molecule has 24 heavy (non-hydrogen) atoms. The maximum atomic E-state index is 14.4. The number of aromatic nitrogens is 2. The first kappa shape index (κ1) is 17.0. The van der Waals surface area contributed by atoms with E-state index in [1.165, 1.54) is 0 Å². The number of carbonyl (C=O) groups is 1. The Hall–Kier alpha value is -1.85. The molecule has 0 N–H and O–H groups in total. The van der Waals surface area contributed by atoms with Crippen molar-refractivity contribution in [3.63, 3.8) is 0 Å². The number of carbonyl (C=O) groups excluding carboxylic acids is 1. The second-order valence-corrected chi connectivity index (χ2v) is 6.27. The lowest BCUT2D eigenvalue weighted by Crippen LogP contribution is -2.10. The van der Waals surface area contributed by atoms with E-state index in [1.54, 1.807) is 36.0 Å². The number of fused-ring (bicyclic) bond motifs is 1. The number of benzene rings is 1. The second kappa shape index (κ2) is 6.95. The van der Waals surface area contributed by atoms with Crippen molar-refractivity contribution < 1.29 is 13.9 Å². The molecule has 0 bridgehead atoms. The number of halogens is 3. The summed E-state index contributed by atoms with van der Waals surface area (Å²) in [6, 6.07) is 5.19. The first-order chi connectivity index (χ1) is 11.5. The summed E-state index contributed by atoms with van der Waals surface area (Å²) in [5, 5.41) is 5.37. The van der Waals surface area contributed by atoms with E-state index in [1.807, 2.05) is 0 Å². The van der Waals surface area contributed by atoms with Crippen molar-refractivity contribution in [3.8, 4) is 0 Å². The highest BCUT2D eigenvalue weighted by atomic mass is 35.5. The third-order valence-electron chi connectivity index (χ3n) is 3.90. The highest BCUT2D eigenvalue weighted by Gasteiger charge is 2.28. The minimum Gasteiger partial charge on any atom is -0.461 e. The molecule has 1 aromatic heterocycles. The van der Waals surface area contributed by atoms with Crippen LogP contribution in [0.4, 0.5) is 4.39 Å². The molecule has 1 aromatic carbocycles. The van der Waals surface area contributed by atoms with Crippen LogP contribution < -0.4 is 0 Å². The van der Waals surface area contributed by atoms with Gasteiger partial charge in [0, 0.05) is 15.6 Å². The van der Waals surface area contributed by atoms with Gasteiger partial charge in [0.2, 0.25) is 5.83 Å². The van der Waals surface area contributed by atoms with E-state index in [2.05, 4.69) is 5.10 Å². The molecule has 0 saturated heterocycles. The summed E-state index contributed by atoms with van der Waals surface area (Å²) < 4.78 is 20.8. The van der Waals surface area contributed by atoms with Gasteiger partial charge in [0.1, 0.15) is 0 Å². The van der Waals surface area contributed by atoms with Crippen LogP contribution in [0.3, 0.4) is 0 Å². The zero-order valence-electron chi connectivity index (χ0n) is 13.0. The Morgan fingerprint density at radius 3 is 2.88 bits per heavy atom. The van der Waals surface area contributed by atoms with Gasteiger partial charge in [-0.3, -0.25) is 4.68 Å². The SMILES string of the molecule is CCOC(=O)/C(F)=C1\CCc2cnn(Cc3ccc(Cl)cc3Cl)c21. The van der Waals surface area contributed by atoms with Crippen LogP contribution >= 0.6 is 23.2 Å². The van der Waals surface area contributed by atoms with Crippen molar-refractivity contribution >= 4 is 34.7 Å². The van der Waals surface area contributed by atoms with Crippen molar-refractivity contribution in [3.05, 3.63) is 57.1 Å². The fraction of sp³-hybridized carbons (Fsp3) is 0.294. The number of hydrogen-bond acceptors (Lipinski definition) is 3. The van der Waals surface area contributed by atoms with Crippen molar-refractivity contribution in [2.45, 2.75) is 26.3 Å². The molecule has 3 rings (SSSR count). The summed E-state index contributed by atoms with van der Waals surface area (Å²) in [6.45, 7) is 2.14. The van der Waals surface area contributed by atoms with Crippen LogP contribution in [0.25, 0.3) is 5.57 Å². The van der Waals surface area contributed by atoms with E-state index >= 15 is 0 Å². The molecule has 0 atom stereocenters. The Kier molecular flexibility index (Phi) is 4.92. The van der Waals surface area contributed by atoms with Crippen LogP contribution in [-0.4, -0.2) is 22.4 Å². The molecule has 4 nitrogen and oxygen atoms in total. The average molecular weight is 369 g/mol. The monoisotopic (exact) mass is 368 g/mol. The highest BCUT2D eigenvalue weighted by molar-refractivity contribution is 6.35. The van der Waals surface area contributed by atoms with E-state index in [-0.39, 0.29) is 6.61 Å². The molecule has 126 valence electrons. The van der Waals surface area contributed by atoms with Gasteiger partial charge in [0.25, 0.3) is 0 Å². The number of esters is 1. The van der Waals surface area contributed by atoms with Gasteiger partial charge in [0.15, 0.2) is 0 Å². The zero-order chi connectivity index (χ0) is 17.3. The van der Waals surface area contributed by atoms with Crippen molar-refractivity contribution in [2.24, 2.45) is 0 Å². The molecule has 0 saturated carbocycles. The maximum absolute atomic E-state index is 14.4. The van der Waals surface area contributed by atoms with Crippen molar-refractivity contribution in [1.82, 2.24) is 9.78 Å². The maximum Gasteiger partial charge on any atom is 0.367 e. The fourth-order valence-corrected chi connectivity index (χ4v) is 3.27. The molecule has 1 aliphatic carbocycles. The number of hydrogen-bond donors (Lipinski definition) is 0.